The summed E-state index contributed by atoms with van der Waals surface area (Å²) in [6, 6.07) is 60.7. The fourth-order valence-corrected chi connectivity index (χ4v) is 6.23. The first-order valence-electron chi connectivity index (χ1n) is 16.0. The molecule has 48 heavy (non-hydrogen) atoms. The van der Waals surface area contributed by atoms with Gasteiger partial charge in [-0.2, -0.15) is 5.26 Å². The molecule has 1 unspecified atom stereocenters. The molecule has 1 aliphatic heterocycles. The van der Waals surface area contributed by atoms with Gasteiger partial charge in [0, 0.05) is 11.1 Å². The third kappa shape index (κ3) is 5.77. The largest absolute Gasteiger partial charge is 0.344 e. The van der Waals surface area contributed by atoms with E-state index < -0.39 is 0 Å². The van der Waals surface area contributed by atoms with Crippen LogP contribution in [0.2, 0.25) is 0 Å². The highest BCUT2D eigenvalue weighted by molar-refractivity contribution is 6.13. The van der Waals surface area contributed by atoms with E-state index in [0.717, 1.165) is 44.8 Å². The van der Waals surface area contributed by atoms with Crippen LogP contribution < -0.4 is 5.32 Å². The van der Waals surface area contributed by atoms with E-state index in [9.17, 15) is 0 Å². The Morgan fingerprint density at radius 1 is 0.500 bits per heavy atom. The maximum absolute atomic E-state index is 9.11. The van der Waals surface area contributed by atoms with Crippen LogP contribution in [0.4, 0.5) is 0 Å². The van der Waals surface area contributed by atoms with E-state index in [-0.39, 0.29) is 6.17 Å². The highest BCUT2D eigenvalue weighted by Crippen LogP contribution is 2.33. The molecule has 0 radical (unpaired) electrons. The molecule has 0 fully saturated rings. The summed E-state index contributed by atoms with van der Waals surface area (Å²) in [5.74, 6) is 1.52. The lowest BCUT2D eigenvalue weighted by molar-refractivity contribution is 0.674. The summed E-state index contributed by atoms with van der Waals surface area (Å²) in [6.07, 6.45) is -0.226. The summed E-state index contributed by atoms with van der Waals surface area (Å²) in [6.45, 7) is 0. The van der Waals surface area contributed by atoms with Crippen molar-refractivity contribution in [2.24, 2.45) is 9.98 Å². The predicted molar refractivity (Wildman–Crippen MR) is 197 cm³/mol. The number of fused-ring (bicyclic) bond motifs is 1. The van der Waals surface area contributed by atoms with Gasteiger partial charge in [0.2, 0.25) is 0 Å². The third-order valence-corrected chi connectivity index (χ3v) is 8.81. The molecule has 226 valence electrons. The summed E-state index contributed by atoms with van der Waals surface area (Å²) >= 11 is 0. The molecule has 4 nitrogen and oxygen atoms in total. The molecule has 1 heterocycles. The minimum Gasteiger partial charge on any atom is -0.344 e. The normalized spacial score (nSPS) is 14.0. The van der Waals surface area contributed by atoms with Gasteiger partial charge >= 0.3 is 0 Å². The monoisotopic (exact) mass is 614 g/mol. The van der Waals surface area contributed by atoms with E-state index in [1.807, 2.05) is 60.7 Å². The third-order valence-electron chi connectivity index (χ3n) is 8.81. The second-order valence-corrected chi connectivity index (χ2v) is 11.8. The van der Waals surface area contributed by atoms with E-state index in [1.54, 1.807) is 0 Å². The van der Waals surface area contributed by atoms with Crippen LogP contribution in [0.3, 0.4) is 0 Å². The first-order chi connectivity index (χ1) is 23.7. The SMILES string of the molecule is N#Cc1ccc(-c2ccc(-c3cccc4cc(-c5ccc(C6=NC(c7ccccc7)NC(c7ccccc7)=N6)cc5)ccc34)cc2)cc1. The van der Waals surface area contributed by atoms with Crippen molar-refractivity contribution in [1.29, 1.82) is 5.26 Å². The fourth-order valence-electron chi connectivity index (χ4n) is 6.23. The van der Waals surface area contributed by atoms with E-state index in [0.29, 0.717) is 11.4 Å². The van der Waals surface area contributed by atoms with Gasteiger partial charge < -0.3 is 5.32 Å². The first-order valence-corrected chi connectivity index (χ1v) is 16.0. The van der Waals surface area contributed by atoms with Crippen molar-refractivity contribution in [2.45, 2.75) is 6.17 Å². The second-order valence-electron chi connectivity index (χ2n) is 11.8. The molecule has 0 spiro atoms. The van der Waals surface area contributed by atoms with Crippen molar-refractivity contribution in [1.82, 2.24) is 5.32 Å². The lowest BCUT2D eigenvalue weighted by Gasteiger charge is -2.23. The molecular weight excluding hydrogens is 585 g/mol. The van der Waals surface area contributed by atoms with Crippen LogP contribution in [0.5, 0.6) is 0 Å². The van der Waals surface area contributed by atoms with Gasteiger partial charge in [0.05, 0.1) is 11.6 Å². The molecule has 0 aliphatic carbocycles. The van der Waals surface area contributed by atoms with Crippen LogP contribution in [-0.4, -0.2) is 11.7 Å². The van der Waals surface area contributed by atoms with Gasteiger partial charge in [-0.1, -0.05) is 152 Å². The van der Waals surface area contributed by atoms with E-state index >= 15 is 0 Å². The molecule has 0 saturated heterocycles. The number of nitriles is 1. The van der Waals surface area contributed by atoms with Crippen LogP contribution in [0.25, 0.3) is 44.2 Å². The number of rotatable bonds is 6. The Hall–Kier alpha value is -6.57. The number of amidine groups is 2. The summed E-state index contributed by atoms with van der Waals surface area (Å²) in [7, 11) is 0. The molecule has 0 saturated carbocycles. The minimum absolute atomic E-state index is 0.226. The zero-order valence-electron chi connectivity index (χ0n) is 26.1. The molecule has 1 aliphatic rings. The summed E-state index contributed by atoms with van der Waals surface area (Å²) < 4.78 is 0. The maximum atomic E-state index is 9.11. The number of aliphatic imine (C=N–C) groups is 2. The van der Waals surface area contributed by atoms with Crippen LogP contribution in [0, 0.1) is 11.3 Å². The van der Waals surface area contributed by atoms with Gasteiger partial charge in [-0.05, 0) is 67.9 Å². The number of nitrogens with one attached hydrogen (secondary N) is 1. The number of hydrogen-bond acceptors (Lipinski definition) is 4. The molecule has 0 bridgehead atoms. The minimum atomic E-state index is -0.226. The van der Waals surface area contributed by atoms with Crippen LogP contribution in [-0.2, 0) is 0 Å². The Kier molecular flexibility index (Phi) is 7.62. The maximum Gasteiger partial charge on any atom is 0.159 e. The van der Waals surface area contributed by atoms with Crippen molar-refractivity contribution in [3.63, 3.8) is 0 Å². The Morgan fingerprint density at radius 3 is 1.77 bits per heavy atom. The molecule has 4 heteroatoms. The number of nitrogens with zero attached hydrogens (tertiary/aromatic N) is 3. The predicted octanol–water partition coefficient (Wildman–Crippen LogP) is 10.2. The standard InChI is InChI=1S/C44H30N4/c45-29-30-14-16-31(17-15-30)32-18-22-34(23-19-32)40-13-7-12-39-28-38(26-27-41(39)40)33-20-24-37(25-21-33)44-47-42(35-8-3-1-4-9-35)46-43(48-44)36-10-5-2-6-11-36/h1-28,42H,(H,46,47,48). The molecule has 0 amide bonds. The van der Waals surface area contributed by atoms with Gasteiger partial charge in [-0.25, -0.2) is 9.98 Å². The number of benzene rings is 7. The van der Waals surface area contributed by atoms with Gasteiger partial charge in [0.25, 0.3) is 0 Å². The Labute approximate surface area is 280 Å². The lowest BCUT2D eigenvalue weighted by atomic mass is 9.94. The van der Waals surface area contributed by atoms with Crippen molar-refractivity contribution >= 4 is 22.4 Å². The van der Waals surface area contributed by atoms with Crippen LogP contribution in [0.15, 0.2) is 180 Å². The highest BCUT2D eigenvalue weighted by Gasteiger charge is 2.20. The Bertz CT molecular complexity index is 2330. The quantitative estimate of drug-likeness (QED) is 0.203. The van der Waals surface area contributed by atoms with Gasteiger partial charge in [-0.3, -0.25) is 0 Å². The van der Waals surface area contributed by atoms with E-state index in [4.69, 9.17) is 15.2 Å². The Balaban J connectivity index is 1.08. The van der Waals surface area contributed by atoms with Crippen molar-refractivity contribution in [3.8, 4) is 39.4 Å². The molecule has 7 aromatic rings. The highest BCUT2D eigenvalue weighted by atomic mass is 15.2. The van der Waals surface area contributed by atoms with Crippen LogP contribution >= 0.6 is 0 Å². The fraction of sp³-hybridized carbons (Fsp3) is 0.0227. The summed E-state index contributed by atoms with van der Waals surface area (Å²) in [5, 5.41) is 15.0. The molecule has 7 aromatic carbocycles. The average Bonchev–Trinajstić information content (AvgIpc) is 3.18. The van der Waals surface area contributed by atoms with Gasteiger partial charge in [0.1, 0.15) is 12.0 Å². The van der Waals surface area contributed by atoms with Gasteiger partial charge in [-0.15, -0.1) is 0 Å². The summed E-state index contributed by atoms with van der Waals surface area (Å²) in [5.41, 5.74) is 10.6. The molecule has 8 rings (SSSR count). The van der Waals surface area contributed by atoms with E-state index in [2.05, 4.69) is 121 Å². The first kappa shape index (κ1) is 28.9. The smallest absolute Gasteiger partial charge is 0.159 e. The van der Waals surface area contributed by atoms with Crippen LogP contribution in [0.1, 0.15) is 28.4 Å². The van der Waals surface area contributed by atoms with Crippen molar-refractivity contribution in [2.75, 3.05) is 0 Å². The second kappa shape index (κ2) is 12.7. The van der Waals surface area contributed by atoms with Crippen molar-refractivity contribution < 1.29 is 0 Å². The lowest BCUT2D eigenvalue weighted by Crippen LogP contribution is -2.33. The topological polar surface area (TPSA) is 60.5 Å². The Morgan fingerprint density at radius 2 is 1.08 bits per heavy atom. The van der Waals surface area contributed by atoms with Gasteiger partial charge in [0.15, 0.2) is 5.84 Å². The molecule has 0 aromatic heterocycles. The molecule has 1 N–H and O–H groups in total. The molecule has 1 atom stereocenters. The average molecular weight is 615 g/mol. The van der Waals surface area contributed by atoms with Crippen molar-refractivity contribution in [3.05, 3.63) is 192 Å². The zero-order chi connectivity index (χ0) is 32.3. The summed E-state index contributed by atoms with van der Waals surface area (Å²) in [4.78, 5) is 9.97. The van der Waals surface area contributed by atoms with E-state index in [1.165, 1.54) is 21.9 Å². The zero-order valence-corrected chi connectivity index (χ0v) is 26.1. The molecular formula is C44H30N4. The number of hydrogen-bond donors (Lipinski definition) is 1.